The average molecular weight is 439 g/mol. The van der Waals surface area contributed by atoms with Gasteiger partial charge in [-0.1, -0.05) is 12.1 Å². The fraction of sp³-hybridized carbons (Fsp3) is 0.0909. The molecule has 2 aromatic heterocycles. The molecule has 2 heterocycles. The van der Waals surface area contributed by atoms with Gasteiger partial charge in [0.05, 0.1) is 17.6 Å². The molecule has 0 unspecified atom stereocenters. The summed E-state index contributed by atoms with van der Waals surface area (Å²) >= 11 is 0. The summed E-state index contributed by atoms with van der Waals surface area (Å²) in [5.74, 6) is -0.883. The van der Waals surface area contributed by atoms with Gasteiger partial charge in [0.2, 0.25) is 9.84 Å². The fourth-order valence-electron chi connectivity index (χ4n) is 3.07. The normalized spacial score (nSPS) is 11.4. The molecule has 158 valence electrons. The third-order valence-electron chi connectivity index (χ3n) is 4.77. The second-order valence-electron chi connectivity index (χ2n) is 6.74. The highest BCUT2D eigenvalue weighted by Gasteiger charge is 2.22. The van der Waals surface area contributed by atoms with Gasteiger partial charge < -0.3 is 14.5 Å². The number of hydrogen-bond acceptors (Lipinski definition) is 5. The highest BCUT2D eigenvalue weighted by Crippen LogP contribution is 2.27. The summed E-state index contributed by atoms with van der Waals surface area (Å²) in [6.07, 6.45) is 5.07. The van der Waals surface area contributed by atoms with Crippen LogP contribution in [0.15, 0.2) is 83.0 Å². The standard InChI is InChI=1S/C22H18FN3O4S/c1-30-17-5-8-19(23)20(12-17)31(28,29)18-6-2-15(3-7-18)13-25-22(27)16-4-9-21-24-10-11-26(21)14-16/h2-12,14H,13H2,1H3,(H,25,27). The molecule has 0 saturated carbocycles. The first kappa shape index (κ1) is 20.5. The third kappa shape index (κ3) is 4.13. The van der Waals surface area contributed by atoms with Crippen molar-refractivity contribution < 1.29 is 22.3 Å². The highest BCUT2D eigenvalue weighted by atomic mass is 32.2. The van der Waals surface area contributed by atoms with E-state index in [0.717, 1.165) is 17.8 Å². The van der Waals surface area contributed by atoms with E-state index in [0.29, 0.717) is 11.1 Å². The Hall–Kier alpha value is -3.72. The Bertz CT molecular complexity index is 1370. The maximum absolute atomic E-state index is 14.1. The molecular formula is C22H18FN3O4S. The van der Waals surface area contributed by atoms with Gasteiger partial charge in [-0.2, -0.15) is 0 Å². The molecule has 0 saturated heterocycles. The van der Waals surface area contributed by atoms with Crippen molar-refractivity contribution in [2.24, 2.45) is 0 Å². The number of hydrogen-bond donors (Lipinski definition) is 1. The monoisotopic (exact) mass is 439 g/mol. The molecule has 31 heavy (non-hydrogen) atoms. The quantitative estimate of drug-likeness (QED) is 0.498. The molecule has 0 bridgehead atoms. The fourth-order valence-corrected chi connectivity index (χ4v) is 4.41. The van der Waals surface area contributed by atoms with Gasteiger partial charge in [0, 0.05) is 31.2 Å². The number of sulfone groups is 1. The Kier molecular flexibility index (Phi) is 5.43. The smallest absolute Gasteiger partial charge is 0.253 e. The summed E-state index contributed by atoms with van der Waals surface area (Å²) in [5.41, 5.74) is 1.90. The van der Waals surface area contributed by atoms with E-state index >= 15 is 0 Å². The van der Waals surface area contributed by atoms with Crippen molar-refractivity contribution in [3.8, 4) is 5.75 Å². The topological polar surface area (TPSA) is 89.8 Å². The van der Waals surface area contributed by atoms with Gasteiger partial charge in [0.15, 0.2) is 0 Å². The van der Waals surface area contributed by atoms with Gasteiger partial charge in [-0.25, -0.2) is 17.8 Å². The lowest BCUT2D eigenvalue weighted by molar-refractivity contribution is 0.0950. The molecule has 0 aliphatic rings. The molecule has 1 N–H and O–H groups in total. The summed E-state index contributed by atoms with van der Waals surface area (Å²) < 4.78 is 46.5. The number of carbonyl (C=O) groups excluding carboxylic acids is 1. The van der Waals surface area contributed by atoms with Crippen LogP contribution >= 0.6 is 0 Å². The average Bonchev–Trinajstić information content (AvgIpc) is 3.26. The zero-order valence-electron chi connectivity index (χ0n) is 16.4. The van der Waals surface area contributed by atoms with E-state index in [1.165, 1.54) is 25.3 Å². The summed E-state index contributed by atoms with van der Waals surface area (Å²) in [7, 11) is -2.68. The molecule has 9 heteroatoms. The van der Waals surface area contributed by atoms with Gasteiger partial charge in [-0.05, 0) is 42.0 Å². The molecule has 0 radical (unpaired) electrons. The molecule has 0 aliphatic heterocycles. The molecule has 0 atom stereocenters. The lowest BCUT2D eigenvalue weighted by Crippen LogP contribution is -2.23. The number of ether oxygens (including phenoxy) is 1. The molecular weight excluding hydrogens is 421 g/mol. The van der Waals surface area contributed by atoms with Crippen LogP contribution < -0.4 is 10.1 Å². The van der Waals surface area contributed by atoms with Crippen LogP contribution in [0.5, 0.6) is 5.75 Å². The number of nitrogens with one attached hydrogen (secondary N) is 1. The number of amides is 1. The minimum absolute atomic E-state index is 0.0553. The van der Waals surface area contributed by atoms with Crippen molar-refractivity contribution in [2.45, 2.75) is 16.3 Å². The second-order valence-corrected chi connectivity index (χ2v) is 8.66. The molecule has 4 aromatic rings. The van der Waals surface area contributed by atoms with Crippen molar-refractivity contribution in [1.82, 2.24) is 14.7 Å². The SMILES string of the molecule is COc1ccc(F)c(S(=O)(=O)c2ccc(CNC(=O)c3ccc4nccn4c3)cc2)c1. The molecule has 1 amide bonds. The van der Waals surface area contributed by atoms with Crippen LogP contribution in [0.2, 0.25) is 0 Å². The zero-order chi connectivity index (χ0) is 22.0. The Balaban J connectivity index is 1.48. The van der Waals surface area contributed by atoms with E-state index < -0.39 is 20.5 Å². The van der Waals surface area contributed by atoms with E-state index in [2.05, 4.69) is 10.3 Å². The predicted octanol–water partition coefficient (Wildman–Crippen LogP) is 3.24. The Morgan fingerprint density at radius 1 is 1.13 bits per heavy atom. The Labute approximate surface area is 178 Å². The van der Waals surface area contributed by atoms with Gasteiger partial charge in [-0.15, -0.1) is 0 Å². The molecule has 0 fully saturated rings. The number of halogens is 1. The van der Waals surface area contributed by atoms with Crippen molar-refractivity contribution in [2.75, 3.05) is 7.11 Å². The van der Waals surface area contributed by atoms with Crippen LogP contribution in [-0.2, 0) is 16.4 Å². The van der Waals surface area contributed by atoms with Gasteiger partial charge in [0.1, 0.15) is 22.1 Å². The summed E-state index contributed by atoms with van der Waals surface area (Å²) in [6.45, 7) is 0.203. The van der Waals surface area contributed by atoms with Crippen LogP contribution in [-0.4, -0.2) is 30.8 Å². The lowest BCUT2D eigenvalue weighted by Gasteiger charge is -2.09. The Morgan fingerprint density at radius 3 is 2.65 bits per heavy atom. The number of fused-ring (bicyclic) bond motifs is 1. The zero-order valence-corrected chi connectivity index (χ0v) is 17.3. The van der Waals surface area contributed by atoms with E-state index in [4.69, 9.17) is 4.74 Å². The predicted molar refractivity (Wildman–Crippen MR) is 111 cm³/mol. The first-order valence-electron chi connectivity index (χ1n) is 9.27. The number of rotatable bonds is 6. The largest absolute Gasteiger partial charge is 0.497 e. The van der Waals surface area contributed by atoms with Crippen molar-refractivity contribution in [3.63, 3.8) is 0 Å². The first-order chi connectivity index (χ1) is 14.9. The maximum Gasteiger partial charge on any atom is 0.253 e. The summed E-state index contributed by atoms with van der Waals surface area (Å²) in [5, 5.41) is 2.79. The molecule has 4 rings (SSSR count). The van der Waals surface area contributed by atoms with Crippen LogP contribution in [0.3, 0.4) is 0 Å². The van der Waals surface area contributed by atoms with E-state index in [-0.39, 0.29) is 23.1 Å². The number of nitrogens with zero attached hydrogens (tertiary/aromatic N) is 2. The number of methoxy groups -OCH3 is 1. The van der Waals surface area contributed by atoms with Crippen LogP contribution in [0.1, 0.15) is 15.9 Å². The molecule has 0 spiro atoms. The van der Waals surface area contributed by atoms with Gasteiger partial charge >= 0.3 is 0 Å². The van der Waals surface area contributed by atoms with Crippen LogP contribution in [0.25, 0.3) is 5.65 Å². The van der Waals surface area contributed by atoms with E-state index in [9.17, 15) is 17.6 Å². The molecule has 0 aliphatic carbocycles. The summed E-state index contributed by atoms with van der Waals surface area (Å²) in [4.78, 5) is 16.0. The number of benzene rings is 2. The van der Waals surface area contributed by atoms with Gasteiger partial charge in [0.25, 0.3) is 5.91 Å². The number of aromatic nitrogens is 2. The van der Waals surface area contributed by atoms with Crippen molar-refractivity contribution in [1.29, 1.82) is 0 Å². The van der Waals surface area contributed by atoms with Crippen molar-refractivity contribution in [3.05, 3.63) is 90.1 Å². The number of pyridine rings is 1. The van der Waals surface area contributed by atoms with Crippen molar-refractivity contribution >= 4 is 21.4 Å². The second kappa shape index (κ2) is 8.19. The van der Waals surface area contributed by atoms with Crippen LogP contribution in [0.4, 0.5) is 4.39 Å². The lowest BCUT2D eigenvalue weighted by atomic mass is 10.2. The van der Waals surface area contributed by atoms with E-state index in [1.807, 2.05) is 0 Å². The Morgan fingerprint density at radius 2 is 1.90 bits per heavy atom. The molecule has 7 nitrogen and oxygen atoms in total. The third-order valence-corrected chi connectivity index (χ3v) is 6.55. The maximum atomic E-state index is 14.1. The number of imidazole rings is 1. The van der Waals surface area contributed by atoms with E-state index in [1.54, 1.807) is 47.3 Å². The van der Waals surface area contributed by atoms with Crippen LogP contribution in [0, 0.1) is 5.82 Å². The summed E-state index contributed by atoms with van der Waals surface area (Å²) in [6, 6.07) is 12.9. The number of carbonyl (C=O) groups is 1. The first-order valence-corrected chi connectivity index (χ1v) is 10.8. The minimum Gasteiger partial charge on any atom is -0.497 e. The van der Waals surface area contributed by atoms with Gasteiger partial charge in [-0.3, -0.25) is 4.79 Å². The highest BCUT2D eigenvalue weighted by molar-refractivity contribution is 7.91. The minimum atomic E-state index is -4.06. The molecule has 2 aromatic carbocycles.